The summed E-state index contributed by atoms with van der Waals surface area (Å²) in [6.45, 7) is 1.55. The molecule has 0 bridgehead atoms. The molecule has 0 aromatic heterocycles. The molecule has 3 atom stereocenters. The Morgan fingerprint density at radius 1 is 0.792 bits per heavy atom. The molecule has 0 aliphatic carbocycles. The lowest BCUT2D eigenvalue weighted by Gasteiger charge is -2.19. The third kappa shape index (κ3) is 3.85. The zero-order valence-corrected chi connectivity index (χ0v) is 13.3. The van der Waals surface area contributed by atoms with E-state index >= 15 is 0 Å². The normalized spacial score (nSPS) is 24.7. The second kappa shape index (κ2) is 7.18. The van der Waals surface area contributed by atoms with E-state index in [-0.39, 0.29) is 18.5 Å². The predicted molar refractivity (Wildman–Crippen MR) is 88.9 cm³/mol. The highest BCUT2D eigenvalue weighted by molar-refractivity contribution is 5.16. The van der Waals surface area contributed by atoms with Crippen molar-refractivity contribution in [3.63, 3.8) is 0 Å². The van der Waals surface area contributed by atoms with Gasteiger partial charge in [-0.05, 0) is 17.2 Å². The molecule has 1 fully saturated rings. The van der Waals surface area contributed by atoms with Crippen LogP contribution in [0.5, 0.6) is 0 Å². The lowest BCUT2D eigenvalue weighted by Crippen LogP contribution is -2.26. The van der Waals surface area contributed by atoms with Crippen molar-refractivity contribution in [1.82, 2.24) is 0 Å². The SMILES string of the molecule is C1=C(COCc2ccccc2)OC2O[C@H]2[C@@H]1OCc1ccccc1. The lowest BCUT2D eigenvalue weighted by atomic mass is 10.2. The van der Waals surface area contributed by atoms with Gasteiger partial charge in [0.25, 0.3) is 0 Å². The van der Waals surface area contributed by atoms with Crippen molar-refractivity contribution in [2.24, 2.45) is 0 Å². The Labute approximate surface area is 141 Å². The van der Waals surface area contributed by atoms with Gasteiger partial charge >= 0.3 is 0 Å². The van der Waals surface area contributed by atoms with Crippen molar-refractivity contribution in [3.05, 3.63) is 83.6 Å². The summed E-state index contributed by atoms with van der Waals surface area (Å²) in [5.41, 5.74) is 2.29. The van der Waals surface area contributed by atoms with Crippen molar-refractivity contribution in [2.75, 3.05) is 6.61 Å². The summed E-state index contributed by atoms with van der Waals surface area (Å²) in [4.78, 5) is 0. The van der Waals surface area contributed by atoms with Crippen LogP contribution in [0.3, 0.4) is 0 Å². The van der Waals surface area contributed by atoms with Gasteiger partial charge in [-0.1, -0.05) is 60.7 Å². The van der Waals surface area contributed by atoms with Gasteiger partial charge in [-0.15, -0.1) is 0 Å². The molecule has 1 saturated heterocycles. The monoisotopic (exact) mass is 324 g/mol. The first-order valence-corrected chi connectivity index (χ1v) is 8.18. The van der Waals surface area contributed by atoms with Crippen molar-refractivity contribution >= 4 is 0 Å². The van der Waals surface area contributed by atoms with Crippen LogP contribution >= 0.6 is 0 Å². The molecule has 2 aliphatic heterocycles. The largest absolute Gasteiger partial charge is 0.464 e. The highest BCUT2D eigenvalue weighted by Crippen LogP contribution is 2.36. The summed E-state index contributed by atoms with van der Waals surface area (Å²) in [5, 5.41) is 0. The molecule has 124 valence electrons. The second-order valence-corrected chi connectivity index (χ2v) is 5.96. The van der Waals surface area contributed by atoms with Crippen LogP contribution in [0.25, 0.3) is 0 Å². The number of hydrogen-bond acceptors (Lipinski definition) is 4. The number of ether oxygens (including phenoxy) is 4. The van der Waals surface area contributed by atoms with Crippen LogP contribution in [0, 0.1) is 0 Å². The van der Waals surface area contributed by atoms with E-state index in [4.69, 9.17) is 18.9 Å². The summed E-state index contributed by atoms with van der Waals surface area (Å²) in [7, 11) is 0. The van der Waals surface area contributed by atoms with Crippen LogP contribution < -0.4 is 0 Å². The topological polar surface area (TPSA) is 40.2 Å². The summed E-state index contributed by atoms with van der Waals surface area (Å²) < 4.78 is 22.9. The Kier molecular flexibility index (Phi) is 4.60. The Bertz CT molecular complexity index is 683. The minimum absolute atomic E-state index is 0.00610. The molecule has 2 aromatic rings. The van der Waals surface area contributed by atoms with Crippen LogP contribution in [0.1, 0.15) is 11.1 Å². The number of rotatable bonds is 7. The highest BCUT2D eigenvalue weighted by atomic mass is 16.8. The van der Waals surface area contributed by atoms with Crippen molar-refractivity contribution in [1.29, 1.82) is 0 Å². The van der Waals surface area contributed by atoms with Gasteiger partial charge in [0, 0.05) is 0 Å². The average molecular weight is 324 g/mol. The Balaban J connectivity index is 1.30. The van der Waals surface area contributed by atoms with E-state index in [2.05, 4.69) is 12.1 Å². The second-order valence-electron chi connectivity index (χ2n) is 5.96. The Hall–Kier alpha value is -2.14. The molecule has 2 aromatic carbocycles. The van der Waals surface area contributed by atoms with Crippen LogP contribution in [0.4, 0.5) is 0 Å². The third-order valence-corrected chi connectivity index (χ3v) is 4.07. The molecule has 2 aliphatic rings. The van der Waals surface area contributed by atoms with E-state index in [1.165, 1.54) is 0 Å². The number of epoxide rings is 1. The standard InChI is InChI=1S/C20H20O4/c1-3-7-15(8-4-1)12-21-14-17-11-18(19-20(23-17)24-19)22-13-16-9-5-2-6-10-16/h1-11,18-20H,12-14H2/t18-,19+,20?/m1/s1. The van der Waals surface area contributed by atoms with Crippen LogP contribution in [0.2, 0.25) is 0 Å². The zero-order valence-electron chi connectivity index (χ0n) is 13.3. The van der Waals surface area contributed by atoms with Gasteiger partial charge in [0.2, 0.25) is 6.29 Å². The van der Waals surface area contributed by atoms with Crippen molar-refractivity contribution < 1.29 is 18.9 Å². The van der Waals surface area contributed by atoms with Gasteiger partial charge in [0.05, 0.1) is 13.2 Å². The number of benzene rings is 2. The van der Waals surface area contributed by atoms with E-state index in [0.717, 1.165) is 16.9 Å². The Morgan fingerprint density at radius 3 is 2.17 bits per heavy atom. The Morgan fingerprint density at radius 2 is 1.46 bits per heavy atom. The smallest absolute Gasteiger partial charge is 0.229 e. The van der Waals surface area contributed by atoms with E-state index in [9.17, 15) is 0 Å². The first kappa shape index (κ1) is 15.4. The van der Waals surface area contributed by atoms with E-state index < -0.39 is 0 Å². The molecular formula is C20H20O4. The molecule has 4 rings (SSSR count). The average Bonchev–Trinajstić information content (AvgIpc) is 3.41. The molecule has 0 saturated carbocycles. The van der Waals surface area contributed by atoms with E-state index in [1.807, 2.05) is 54.6 Å². The number of hydrogen-bond donors (Lipinski definition) is 0. The molecule has 0 spiro atoms. The minimum Gasteiger partial charge on any atom is -0.464 e. The molecule has 0 N–H and O–H groups in total. The summed E-state index contributed by atoms with van der Waals surface area (Å²) in [6.07, 6.45) is 1.71. The van der Waals surface area contributed by atoms with Gasteiger partial charge in [-0.3, -0.25) is 0 Å². The van der Waals surface area contributed by atoms with Gasteiger partial charge in [0.15, 0.2) is 6.10 Å². The molecule has 4 nitrogen and oxygen atoms in total. The molecular weight excluding hydrogens is 304 g/mol. The quantitative estimate of drug-likeness (QED) is 0.732. The van der Waals surface area contributed by atoms with Crippen molar-refractivity contribution in [2.45, 2.75) is 31.7 Å². The summed E-state index contributed by atoms with van der Waals surface area (Å²) in [6, 6.07) is 20.2. The molecule has 0 amide bonds. The van der Waals surface area contributed by atoms with Crippen LogP contribution in [-0.2, 0) is 32.2 Å². The maximum Gasteiger partial charge on any atom is 0.229 e. The van der Waals surface area contributed by atoms with Crippen molar-refractivity contribution in [3.8, 4) is 0 Å². The molecule has 0 radical (unpaired) electrons. The van der Waals surface area contributed by atoms with Gasteiger partial charge in [0.1, 0.15) is 18.5 Å². The molecule has 2 heterocycles. The van der Waals surface area contributed by atoms with Gasteiger partial charge in [-0.2, -0.15) is 0 Å². The molecule has 1 unspecified atom stereocenters. The van der Waals surface area contributed by atoms with E-state index in [0.29, 0.717) is 19.8 Å². The van der Waals surface area contributed by atoms with Gasteiger partial charge < -0.3 is 18.9 Å². The minimum atomic E-state index is -0.189. The fourth-order valence-corrected chi connectivity index (χ4v) is 2.74. The van der Waals surface area contributed by atoms with E-state index in [1.54, 1.807) is 0 Å². The predicted octanol–water partition coefficient (Wildman–Crippen LogP) is 3.43. The third-order valence-electron chi connectivity index (χ3n) is 4.07. The number of fused-ring (bicyclic) bond motifs is 1. The highest BCUT2D eigenvalue weighted by Gasteiger charge is 2.50. The van der Waals surface area contributed by atoms with Gasteiger partial charge in [-0.25, -0.2) is 0 Å². The van der Waals surface area contributed by atoms with Crippen LogP contribution in [-0.4, -0.2) is 25.1 Å². The van der Waals surface area contributed by atoms with Crippen LogP contribution in [0.15, 0.2) is 72.5 Å². The summed E-state index contributed by atoms with van der Waals surface area (Å²) in [5.74, 6) is 0.780. The fraction of sp³-hybridized carbons (Fsp3) is 0.300. The first-order chi connectivity index (χ1) is 11.9. The molecule has 4 heteroatoms. The zero-order chi connectivity index (χ0) is 16.2. The maximum absolute atomic E-state index is 5.98. The first-order valence-electron chi connectivity index (χ1n) is 8.18. The summed E-state index contributed by atoms with van der Waals surface area (Å²) >= 11 is 0. The lowest BCUT2D eigenvalue weighted by molar-refractivity contribution is 0.0255. The maximum atomic E-state index is 5.98. The fourth-order valence-electron chi connectivity index (χ4n) is 2.74. The molecule has 24 heavy (non-hydrogen) atoms.